The van der Waals surface area contributed by atoms with Gasteiger partial charge in [-0.1, -0.05) is 6.08 Å². The van der Waals surface area contributed by atoms with Gasteiger partial charge in [-0.05, 0) is 58.4 Å². The molecule has 0 saturated carbocycles. The molecular formula is C17H33N2O+. The van der Waals surface area contributed by atoms with Crippen LogP contribution in [0.3, 0.4) is 0 Å². The van der Waals surface area contributed by atoms with Crippen molar-refractivity contribution in [2.45, 2.75) is 32.1 Å². The second kappa shape index (κ2) is 9.19. The minimum atomic E-state index is 0.862. The Hall–Kier alpha value is -0.800. The van der Waals surface area contributed by atoms with E-state index in [0.29, 0.717) is 0 Å². The number of hydrogen-bond acceptors (Lipinski definition) is 2. The molecular weight excluding hydrogens is 248 g/mol. The number of nitrogens with zero attached hydrogens (tertiary/aromatic N) is 2. The lowest BCUT2D eigenvalue weighted by atomic mass is 10.2. The lowest BCUT2D eigenvalue weighted by Crippen LogP contribution is -2.44. The van der Waals surface area contributed by atoms with Crippen molar-refractivity contribution in [1.29, 1.82) is 0 Å². The Balaban J connectivity index is 2.01. The standard InChI is InChI=1S/C17H33N2O/c1-18(2)13-15-19(3,4)14-9-6-10-16-20-17-11-7-5-8-12-17/h7,11-12H,5-6,8-10,13-16H2,1-4H3/q+1. The molecule has 0 spiro atoms. The van der Waals surface area contributed by atoms with Crippen LogP contribution in [0.15, 0.2) is 24.0 Å². The summed E-state index contributed by atoms with van der Waals surface area (Å²) in [6.07, 6.45) is 12.5. The van der Waals surface area contributed by atoms with Crippen molar-refractivity contribution in [2.75, 3.05) is 54.4 Å². The van der Waals surface area contributed by atoms with Gasteiger partial charge in [0.25, 0.3) is 0 Å². The fourth-order valence-corrected chi connectivity index (χ4v) is 2.29. The van der Waals surface area contributed by atoms with Crippen LogP contribution in [0.4, 0.5) is 0 Å². The molecule has 3 heteroatoms. The number of hydrogen-bond donors (Lipinski definition) is 0. The van der Waals surface area contributed by atoms with Gasteiger partial charge >= 0.3 is 0 Å². The summed E-state index contributed by atoms with van der Waals surface area (Å²) >= 11 is 0. The van der Waals surface area contributed by atoms with Gasteiger partial charge in [0.15, 0.2) is 0 Å². The zero-order chi connectivity index (χ0) is 14.8. The number of quaternary nitrogens is 1. The van der Waals surface area contributed by atoms with Gasteiger partial charge in [0, 0.05) is 6.54 Å². The maximum atomic E-state index is 5.76. The Kier molecular flexibility index (Phi) is 7.93. The molecule has 1 aliphatic carbocycles. The van der Waals surface area contributed by atoms with E-state index in [9.17, 15) is 0 Å². The zero-order valence-corrected chi connectivity index (χ0v) is 13.9. The Labute approximate surface area is 125 Å². The van der Waals surface area contributed by atoms with Gasteiger partial charge in [-0.15, -0.1) is 0 Å². The molecule has 0 atom stereocenters. The number of unbranched alkanes of at least 4 members (excludes halogenated alkanes) is 2. The van der Waals surface area contributed by atoms with Gasteiger partial charge in [-0.2, -0.15) is 0 Å². The van der Waals surface area contributed by atoms with Gasteiger partial charge < -0.3 is 14.1 Å². The van der Waals surface area contributed by atoms with E-state index < -0.39 is 0 Å². The number of ether oxygens (including phenoxy) is 1. The summed E-state index contributed by atoms with van der Waals surface area (Å²) in [6, 6.07) is 0. The molecule has 20 heavy (non-hydrogen) atoms. The van der Waals surface area contributed by atoms with E-state index in [1.165, 1.54) is 32.4 Å². The van der Waals surface area contributed by atoms with Gasteiger partial charge in [0.2, 0.25) is 0 Å². The Morgan fingerprint density at radius 1 is 1.10 bits per heavy atom. The first kappa shape index (κ1) is 17.3. The minimum Gasteiger partial charge on any atom is -0.494 e. The first-order chi connectivity index (χ1) is 9.49. The fraction of sp³-hybridized carbons (Fsp3) is 0.765. The van der Waals surface area contributed by atoms with Crippen molar-refractivity contribution >= 4 is 0 Å². The summed E-state index contributed by atoms with van der Waals surface area (Å²) in [6.45, 7) is 4.51. The SMILES string of the molecule is CN(C)CC[N+](C)(C)CCCCCOC1=CCCC=C1. The Morgan fingerprint density at radius 2 is 1.90 bits per heavy atom. The quantitative estimate of drug-likeness (QED) is 0.451. The van der Waals surface area contributed by atoms with E-state index >= 15 is 0 Å². The molecule has 0 bridgehead atoms. The topological polar surface area (TPSA) is 12.5 Å². The van der Waals surface area contributed by atoms with E-state index in [-0.39, 0.29) is 0 Å². The smallest absolute Gasteiger partial charge is 0.114 e. The summed E-state index contributed by atoms with van der Waals surface area (Å²) in [5, 5.41) is 0. The van der Waals surface area contributed by atoms with E-state index in [1.54, 1.807) is 0 Å². The van der Waals surface area contributed by atoms with Crippen molar-refractivity contribution in [1.82, 2.24) is 4.90 Å². The molecule has 0 fully saturated rings. The van der Waals surface area contributed by atoms with E-state index in [1.807, 2.05) is 0 Å². The van der Waals surface area contributed by atoms with Crippen molar-refractivity contribution < 1.29 is 9.22 Å². The molecule has 1 aliphatic rings. The van der Waals surface area contributed by atoms with E-state index in [2.05, 4.69) is 51.3 Å². The maximum Gasteiger partial charge on any atom is 0.114 e. The predicted molar refractivity (Wildman–Crippen MR) is 86.7 cm³/mol. The van der Waals surface area contributed by atoms with Gasteiger partial charge in [-0.25, -0.2) is 0 Å². The Bertz CT molecular complexity index is 319. The molecule has 0 aromatic carbocycles. The fourth-order valence-electron chi connectivity index (χ4n) is 2.29. The third-order valence-electron chi connectivity index (χ3n) is 3.79. The van der Waals surface area contributed by atoms with Crippen LogP contribution in [0.5, 0.6) is 0 Å². The van der Waals surface area contributed by atoms with Crippen molar-refractivity contribution in [2.24, 2.45) is 0 Å². The Morgan fingerprint density at radius 3 is 2.55 bits per heavy atom. The summed E-state index contributed by atoms with van der Waals surface area (Å²) < 4.78 is 6.87. The summed E-state index contributed by atoms with van der Waals surface area (Å²) in [5.74, 6) is 1.07. The summed E-state index contributed by atoms with van der Waals surface area (Å²) in [7, 11) is 8.95. The van der Waals surface area contributed by atoms with Crippen LogP contribution in [0.25, 0.3) is 0 Å². The summed E-state index contributed by atoms with van der Waals surface area (Å²) in [5.41, 5.74) is 0. The molecule has 0 N–H and O–H groups in total. The van der Waals surface area contributed by atoms with Crippen LogP contribution < -0.4 is 0 Å². The first-order valence-electron chi connectivity index (χ1n) is 7.96. The summed E-state index contributed by atoms with van der Waals surface area (Å²) in [4.78, 5) is 2.26. The lowest BCUT2D eigenvalue weighted by molar-refractivity contribution is -0.890. The second-order valence-electron chi connectivity index (χ2n) is 6.68. The van der Waals surface area contributed by atoms with Crippen LogP contribution in [-0.4, -0.2) is 63.8 Å². The molecule has 0 heterocycles. The molecule has 116 valence electrons. The molecule has 0 unspecified atom stereocenters. The van der Waals surface area contributed by atoms with Crippen molar-refractivity contribution in [3.05, 3.63) is 24.0 Å². The zero-order valence-electron chi connectivity index (χ0n) is 13.9. The highest BCUT2D eigenvalue weighted by molar-refractivity contribution is 5.15. The molecule has 0 aromatic heterocycles. The largest absolute Gasteiger partial charge is 0.494 e. The van der Waals surface area contributed by atoms with E-state index in [4.69, 9.17) is 4.74 Å². The number of allylic oxidation sites excluding steroid dienone is 3. The van der Waals surface area contributed by atoms with Gasteiger partial charge in [-0.3, -0.25) is 0 Å². The average molecular weight is 281 g/mol. The predicted octanol–water partition coefficient (Wildman–Crippen LogP) is 3.05. The molecule has 0 radical (unpaired) electrons. The highest BCUT2D eigenvalue weighted by atomic mass is 16.5. The van der Waals surface area contributed by atoms with Crippen LogP contribution >= 0.6 is 0 Å². The normalized spacial score (nSPS) is 15.6. The lowest BCUT2D eigenvalue weighted by Gasteiger charge is -2.31. The number of rotatable bonds is 10. The molecule has 0 saturated heterocycles. The molecule has 0 aliphatic heterocycles. The minimum absolute atomic E-state index is 0.862. The molecule has 3 nitrogen and oxygen atoms in total. The van der Waals surface area contributed by atoms with Gasteiger partial charge in [0.1, 0.15) is 5.76 Å². The molecule has 0 aromatic rings. The maximum absolute atomic E-state index is 5.76. The third kappa shape index (κ3) is 8.39. The van der Waals surface area contributed by atoms with Crippen LogP contribution in [0, 0.1) is 0 Å². The van der Waals surface area contributed by atoms with E-state index in [0.717, 1.165) is 36.2 Å². The third-order valence-corrected chi connectivity index (χ3v) is 3.79. The average Bonchev–Trinajstić information content (AvgIpc) is 2.42. The van der Waals surface area contributed by atoms with Crippen LogP contribution in [0.1, 0.15) is 32.1 Å². The highest BCUT2D eigenvalue weighted by Crippen LogP contribution is 2.12. The molecule has 1 rings (SSSR count). The highest BCUT2D eigenvalue weighted by Gasteiger charge is 2.14. The van der Waals surface area contributed by atoms with Crippen molar-refractivity contribution in [3.63, 3.8) is 0 Å². The monoisotopic (exact) mass is 281 g/mol. The van der Waals surface area contributed by atoms with Crippen molar-refractivity contribution in [3.8, 4) is 0 Å². The van der Waals surface area contributed by atoms with Crippen LogP contribution in [0.2, 0.25) is 0 Å². The number of likely N-dealkylation sites (N-methyl/N-ethyl adjacent to an activating group) is 2. The molecule has 0 amide bonds. The van der Waals surface area contributed by atoms with Gasteiger partial charge in [0.05, 0.1) is 33.8 Å². The van der Waals surface area contributed by atoms with Crippen LogP contribution in [-0.2, 0) is 4.74 Å². The first-order valence-corrected chi connectivity index (χ1v) is 7.96. The second-order valence-corrected chi connectivity index (χ2v) is 6.68.